The number of aromatic nitrogens is 1. The molecule has 2 aromatic rings. The summed E-state index contributed by atoms with van der Waals surface area (Å²) in [5.74, 6) is -2.19. The summed E-state index contributed by atoms with van der Waals surface area (Å²) in [6, 6.07) is 2.85. The molecule has 120 valence electrons. The minimum Gasteiger partial charge on any atom is -0.494 e. The average Bonchev–Trinajstić information content (AvgIpc) is 2.51. The second kappa shape index (κ2) is 5.77. The highest BCUT2D eigenvalue weighted by Gasteiger charge is 2.31. The Morgan fingerprint density at radius 3 is 2.70 bits per heavy atom. The van der Waals surface area contributed by atoms with Gasteiger partial charge in [-0.3, -0.25) is 4.79 Å². The first-order chi connectivity index (χ1) is 10.9. The highest BCUT2D eigenvalue weighted by Crippen LogP contribution is 2.36. The van der Waals surface area contributed by atoms with E-state index in [-0.39, 0.29) is 29.4 Å². The Balaban J connectivity index is 2.11. The van der Waals surface area contributed by atoms with E-state index in [1.807, 2.05) is 0 Å². The second-order valence-corrected chi connectivity index (χ2v) is 5.69. The predicted octanol–water partition coefficient (Wildman–Crippen LogP) is 3.42. The smallest absolute Gasteiger partial charge is 0.231 e. The second-order valence-electron chi connectivity index (χ2n) is 5.30. The van der Waals surface area contributed by atoms with E-state index in [4.69, 9.17) is 16.3 Å². The van der Waals surface area contributed by atoms with E-state index in [0.29, 0.717) is 11.1 Å². The van der Waals surface area contributed by atoms with Gasteiger partial charge in [0.25, 0.3) is 0 Å². The Labute approximate surface area is 136 Å². The average molecular weight is 339 g/mol. The lowest BCUT2D eigenvalue weighted by Gasteiger charge is -2.29. The molecule has 7 heteroatoms. The molecular weight excluding hydrogens is 326 g/mol. The number of methoxy groups -OCH3 is 1. The Hall–Kier alpha value is -2.21. The number of aryl methyl sites for hydroxylation is 1. The van der Waals surface area contributed by atoms with Crippen LogP contribution in [0.1, 0.15) is 16.7 Å². The van der Waals surface area contributed by atoms with Gasteiger partial charge in [-0.1, -0.05) is 11.6 Å². The Kier molecular flexibility index (Phi) is 3.93. The number of amides is 1. The number of fused-ring (bicyclic) bond motifs is 1. The number of carbonyl (C=O) groups excluding carboxylic acids is 1. The van der Waals surface area contributed by atoms with Crippen LogP contribution >= 0.6 is 11.6 Å². The third kappa shape index (κ3) is 2.63. The largest absolute Gasteiger partial charge is 0.494 e. The number of halogens is 3. The van der Waals surface area contributed by atoms with Gasteiger partial charge >= 0.3 is 0 Å². The van der Waals surface area contributed by atoms with Crippen molar-refractivity contribution in [2.24, 2.45) is 0 Å². The van der Waals surface area contributed by atoms with Crippen LogP contribution in [0.2, 0.25) is 5.15 Å². The number of rotatable bonds is 2. The van der Waals surface area contributed by atoms with Crippen molar-refractivity contribution >= 4 is 23.2 Å². The molecule has 0 saturated carbocycles. The van der Waals surface area contributed by atoms with E-state index in [2.05, 4.69) is 4.98 Å². The number of hydrogen-bond acceptors (Lipinski definition) is 3. The predicted molar refractivity (Wildman–Crippen MR) is 81.8 cm³/mol. The first-order valence-electron chi connectivity index (χ1n) is 6.88. The number of nitrogens with zero attached hydrogens (tertiary/aromatic N) is 2. The van der Waals surface area contributed by atoms with Crippen molar-refractivity contribution < 1.29 is 18.3 Å². The molecular formula is C16H13ClF2N2O2. The molecule has 1 amide bonds. The molecule has 4 nitrogen and oxygen atoms in total. The summed E-state index contributed by atoms with van der Waals surface area (Å²) in [7, 11) is 1.29. The van der Waals surface area contributed by atoms with Gasteiger partial charge in [0.1, 0.15) is 10.8 Å². The minimum absolute atomic E-state index is 0.00666. The number of carbonyl (C=O) groups is 1. The van der Waals surface area contributed by atoms with Crippen LogP contribution < -0.4 is 9.64 Å². The van der Waals surface area contributed by atoms with Crippen LogP contribution in [0.4, 0.5) is 14.5 Å². The molecule has 1 aliphatic heterocycles. The summed E-state index contributed by atoms with van der Waals surface area (Å²) in [4.78, 5) is 17.4. The molecule has 0 unspecified atom stereocenters. The van der Waals surface area contributed by atoms with Crippen LogP contribution in [0.25, 0.3) is 0 Å². The van der Waals surface area contributed by atoms with E-state index < -0.39 is 23.2 Å². The summed E-state index contributed by atoms with van der Waals surface area (Å²) in [5.41, 5.74) is 1.22. The molecule has 0 spiro atoms. The Morgan fingerprint density at radius 1 is 1.26 bits per heavy atom. The van der Waals surface area contributed by atoms with Gasteiger partial charge in [0.2, 0.25) is 5.91 Å². The molecule has 0 radical (unpaired) electrons. The third-order valence-electron chi connectivity index (χ3n) is 3.84. The summed E-state index contributed by atoms with van der Waals surface area (Å²) in [5, 5.41) is 0.277. The highest BCUT2D eigenvalue weighted by molar-refractivity contribution is 6.29. The Bertz CT molecular complexity index is 811. The zero-order valence-corrected chi connectivity index (χ0v) is 13.2. The first-order valence-corrected chi connectivity index (χ1v) is 7.26. The van der Waals surface area contributed by atoms with Crippen LogP contribution in [0, 0.1) is 18.6 Å². The molecule has 0 saturated heterocycles. The molecule has 0 N–H and O–H groups in total. The third-order valence-corrected chi connectivity index (χ3v) is 4.04. The lowest BCUT2D eigenvalue weighted by molar-refractivity contribution is -0.118. The summed E-state index contributed by atoms with van der Waals surface area (Å²) < 4.78 is 33.9. The van der Waals surface area contributed by atoms with Crippen molar-refractivity contribution in [3.63, 3.8) is 0 Å². The maximum Gasteiger partial charge on any atom is 0.231 e. The fraction of sp³-hybridized carbons (Fsp3) is 0.250. The van der Waals surface area contributed by atoms with Crippen LogP contribution in [0.15, 0.2) is 18.3 Å². The molecule has 1 aliphatic rings. The van der Waals surface area contributed by atoms with Crippen molar-refractivity contribution in [2.75, 3.05) is 12.0 Å². The van der Waals surface area contributed by atoms with Crippen molar-refractivity contribution in [3.05, 3.63) is 51.8 Å². The van der Waals surface area contributed by atoms with Gasteiger partial charge in [-0.15, -0.1) is 0 Å². The highest BCUT2D eigenvalue weighted by atomic mass is 35.5. The van der Waals surface area contributed by atoms with Crippen molar-refractivity contribution in [1.82, 2.24) is 4.98 Å². The van der Waals surface area contributed by atoms with Gasteiger partial charge in [0.15, 0.2) is 17.4 Å². The minimum atomic E-state index is -0.894. The van der Waals surface area contributed by atoms with Crippen LogP contribution in [-0.2, 0) is 17.8 Å². The van der Waals surface area contributed by atoms with Gasteiger partial charge in [-0.05, 0) is 35.7 Å². The molecule has 0 fully saturated rings. The number of anilines is 1. The molecule has 0 aliphatic carbocycles. The quantitative estimate of drug-likeness (QED) is 0.788. The van der Waals surface area contributed by atoms with Crippen molar-refractivity contribution in [1.29, 1.82) is 0 Å². The monoisotopic (exact) mass is 338 g/mol. The number of ether oxygens (including phenoxy) is 1. The van der Waals surface area contributed by atoms with Gasteiger partial charge < -0.3 is 9.64 Å². The number of benzene rings is 1. The molecule has 2 heterocycles. The van der Waals surface area contributed by atoms with E-state index in [9.17, 15) is 13.6 Å². The van der Waals surface area contributed by atoms with E-state index in [0.717, 1.165) is 4.90 Å². The number of pyridine rings is 1. The van der Waals surface area contributed by atoms with E-state index in [1.165, 1.54) is 26.3 Å². The molecule has 1 aromatic heterocycles. The lowest BCUT2D eigenvalue weighted by atomic mass is 10.0. The topological polar surface area (TPSA) is 42.4 Å². The van der Waals surface area contributed by atoms with Gasteiger partial charge in [-0.2, -0.15) is 0 Å². The molecule has 0 bridgehead atoms. The zero-order chi connectivity index (χ0) is 16.7. The molecule has 3 rings (SSSR count). The molecule has 23 heavy (non-hydrogen) atoms. The lowest BCUT2D eigenvalue weighted by Crippen LogP contribution is -2.37. The van der Waals surface area contributed by atoms with Crippen LogP contribution in [-0.4, -0.2) is 18.0 Å². The fourth-order valence-corrected chi connectivity index (χ4v) is 2.81. The van der Waals surface area contributed by atoms with Gasteiger partial charge in [0.05, 0.1) is 20.1 Å². The maximum atomic E-state index is 14.5. The van der Waals surface area contributed by atoms with E-state index in [1.54, 1.807) is 6.07 Å². The SMILES string of the molecule is COc1cc(C)c(F)c(N2Cc3cnc(Cl)cc3CC2=O)c1F. The maximum absolute atomic E-state index is 14.5. The summed E-state index contributed by atoms with van der Waals surface area (Å²) in [6.07, 6.45) is 1.52. The van der Waals surface area contributed by atoms with Crippen LogP contribution in [0.5, 0.6) is 5.75 Å². The van der Waals surface area contributed by atoms with E-state index >= 15 is 0 Å². The fourth-order valence-electron chi connectivity index (χ4n) is 2.63. The molecule has 1 aromatic carbocycles. The normalized spacial score (nSPS) is 14.0. The summed E-state index contributed by atoms with van der Waals surface area (Å²) >= 11 is 5.82. The van der Waals surface area contributed by atoms with Gasteiger partial charge in [-0.25, -0.2) is 13.8 Å². The summed E-state index contributed by atoms with van der Waals surface area (Å²) in [6.45, 7) is 1.52. The van der Waals surface area contributed by atoms with Crippen molar-refractivity contribution in [2.45, 2.75) is 19.9 Å². The first kappa shape index (κ1) is 15.7. The number of hydrogen-bond donors (Lipinski definition) is 0. The standard InChI is InChI=1S/C16H13ClF2N2O2/c1-8-3-11(23-2)15(19)16(14(8)18)21-7-10-6-20-12(17)4-9(10)5-13(21)22/h3-4,6H,5,7H2,1-2H3. The van der Waals surface area contributed by atoms with Crippen molar-refractivity contribution in [3.8, 4) is 5.75 Å². The van der Waals surface area contributed by atoms with Crippen LogP contribution in [0.3, 0.4) is 0 Å². The van der Waals surface area contributed by atoms with Gasteiger partial charge in [0, 0.05) is 6.20 Å². The zero-order valence-electron chi connectivity index (χ0n) is 12.5. The molecule has 0 atom stereocenters. The Morgan fingerprint density at radius 2 is 2.00 bits per heavy atom.